The molecule has 212 valence electrons. The van der Waals surface area contributed by atoms with E-state index in [1.165, 1.54) is 6.92 Å². The number of benzene rings is 4. The Morgan fingerprint density at radius 3 is 2.23 bits per heavy atom. The van der Waals surface area contributed by atoms with Gasteiger partial charge < -0.3 is 15.0 Å². The van der Waals surface area contributed by atoms with Crippen molar-refractivity contribution in [3.63, 3.8) is 0 Å². The van der Waals surface area contributed by atoms with Gasteiger partial charge in [0.05, 0.1) is 12.0 Å². The van der Waals surface area contributed by atoms with Gasteiger partial charge in [0.2, 0.25) is 5.91 Å². The monoisotopic (exact) mass is 588 g/mol. The number of hydrogen-bond acceptors (Lipinski definition) is 6. The summed E-state index contributed by atoms with van der Waals surface area (Å²) < 4.78 is 5.17. The number of carbonyl (C=O) groups excluding carboxylic acids is 4. The zero-order chi connectivity index (χ0) is 29.9. The summed E-state index contributed by atoms with van der Waals surface area (Å²) in [7, 11) is 0. The molecule has 3 aliphatic heterocycles. The van der Waals surface area contributed by atoms with Gasteiger partial charge in [-0.25, -0.2) is 0 Å². The van der Waals surface area contributed by atoms with Gasteiger partial charge >= 0.3 is 5.97 Å². The number of halogens is 1. The third-order valence-corrected chi connectivity index (χ3v) is 8.90. The molecule has 43 heavy (non-hydrogen) atoms. The minimum Gasteiger partial charge on any atom is -0.427 e. The second kappa shape index (κ2) is 10.1. The smallest absolute Gasteiger partial charge is 0.308 e. The first kappa shape index (κ1) is 26.9. The highest BCUT2D eigenvalue weighted by Crippen LogP contribution is 2.62. The number of ketones is 2. The Morgan fingerprint density at radius 1 is 0.837 bits per heavy atom. The van der Waals surface area contributed by atoms with Crippen molar-refractivity contribution in [2.75, 3.05) is 5.32 Å². The number of esters is 1. The van der Waals surface area contributed by atoms with Crippen molar-refractivity contribution in [1.82, 2.24) is 4.90 Å². The molecule has 4 aromatic rings. The van der Waals surface area contributed by atoms with Gasteiger partial charge in [-0.1, -0.05) is 54.1 Å². The molecular weight excluding hydrogens is 564 g/mol. The van der Waals surface area contributed by atoms with E-state index in [0.29, 0.717) is 33.1 Å². The molecular formula is C35H25ClN2O5. The molecule has 3 aliphatic rings. The normalized spacial score (nSPS) is 22.9. The van der Waals surface area contributed by atoms with E-state index in [-0.39, 0.29) is 17.5 Å². The summed E-state index contributed by atoms with van der Waals surface area (Å²) in [6.07, 6.45) is 3.74. The van der Waals surface area contributed by atoms with E-state index in [9.17, 15) is 19.2 Å². The first-order chi connectivity index (χ1) is 20.8. The SMILES string of the molecule is CC(=O)Oc1ccc(C(=O)[C@@H]2[C@H](C(=O)c3ccc(Cl)cc3)[C@@]3(C(=O)Nc4ccccc43)[C@H]3c4ccccc4C=CN23)cc1. The highest BCUT2D eigenvalue weighted by Gasteiger charge is 2.70. The van der Waals surface area contributed by atoms with Crippen LogP contribution in [0, 0.1) is 5.92 Å². The molecule has 0 radical (unpaired) electrons. The Morgan fingerprint density at radius 2 is 1.49 bits per heavy atom. The maximum atomic E-state index is 14.8. The summed E-state index contributed by atoms with van der Waals surface area (Å²) in [4.78, 5) is 57.2. The number of carbonyl (C=O) groups is 4. The van der Waals surface area contributed by atoms with E-state index in [2.05, 4.69) is 5.32 Å². The topological polar surface area (TPSA) is 92.8 Å². The number of para-hydroxylation sites is 1. The highest BCUT2D eigenvalue weighted by atomic mass is 35.5. The maximum Gasteiger partial charge on any atom is 0.308 e. The Hall–Kier alpha value is -5.01. The second-order valence-corrected chi connectivity index (χ2v) is 11.4. The van der Waals surface area contributed by atoms with Gasteiger partial charge in [0, 0.05) is 35.0 Å². The van der Waals surface area contributed by atoms with Crippen molar-refractivity contribution in [1.29, 1.82) is 0 Å². The van der Waals surface area contributed by atoms with Crippen molar-refractivity contribution < 1.29 is 23.9 Å². The lowest BCUT2D eigenvalue weighted by Gasteiger charge is -2.38. The predicted molar refractivity (Wildman–Crippen MR) is 162 cm³/mol. The largest absolute Gasteiger partial charge is 0.427 e. The molecule has 1 spiro atoms. The fourth-order valence-electron chi connectivity index (χ4n) is 6.99. The molecule has 1 fully saturated rings. The average molecular weight is 589 g/mol. The lowest BCUT2D eigenvalue weighted by molar-refractivity contribution is -0.131. The lowest BCUT2D eigenvalue weighted by atomic mass is 9.62. The maximum absolute atomic E-state index is 14.8. The van der Waals surface area contributed by atoms with E-state index in [4.69, 9.17) is 16.3 Å². The molecule has 0 aliphatic carbocycles. The molecule has 0 aromatic heterocycles. The van der Waals surface area contributed by atoms with Gasteiger partial charge in [-0.2, -0.15) is 0 Å². The molecule has 8 heteroatoms. The highest BCUT2D eigenvalue weighted by molar-refractivity contribution is 6.30. The van der Waals surface area contributed by atoms with E-state index >= 15 is 0 Å². The molecule has 1 amide bonds. The molecule has 0 bridgehead atoms. The van der Waals surface area contributed by atoms with Crippen LogP contribution in [0.1, 0.15) is 50.4 Å². The third kappa shape index (κ3) is 4.03. The van der Waals surface area contributed by atoms with Crippen LogP contribution in [0.25, 0.3) is 6.08 Å². The summed E-state index contributed by atoms with van der Waals surface area (Å²) in [5.41, 5.74) is 2.31. The molecule has 4 atom stereocenters. The van der Waals surface area contributed by atoms with Crippen LogP contribution >= 0.6 is 11.6 Å². The van der Waals surface area contributed by atoms with Crippen LogP contribution in [-0.4, -0.2) is 34.4 Å². The van der Waals surface area contributed by atoms with Gasteiger partial charge in [0.25, 0.3) is 0 Å². The zero-order valence-electron chi connectivity index (χ0n) is 23.0. The van der Waals surface area contributed by atoms with Crippen LogP contribution in [0.3, 0.4) is 0 Å². The first-order valence-corrected chi connectivity index (χ1v) is 14.3. The quantitative estimate of drug-likeness (QED) is 0.168. The van der Waals surface area contributed by atoms with E-state index in [0.717, 1.165) is 11.1 Å². The molecule has 4 aromatic carbocycles. The van der Waals surface area contributed by atoms with Crippen LogP contribution < -0.4 is 10.1 Å². The number of fused-ring (bicyclic) bond motifs is 6. The molecule has 1 saturated heterocycles. The Balaban J connectivity index is 1.48. The number of rotatable bonds is 5. The number of amides is 1. The van der Waals surface area contributed by atoms with Crippen molar-refractivity contribution in [3.8, 4) is 5.75 Å². The fourth-order valence-corrected chi connectivity index (χ4v) is 7.11. The molecule has 7 nitrogen and oxygen atoms in total. The Bertz CT molecular complexity index is 1850. The van der Waals surface area contributed by atoms with E-state index < -0.39 is 29.4 Å². The van der Waals surface area contributed by atoms with Crippen LogP contribution in [-0.2, 0) is 15.0 Å². The van der Waals surface area contributed by atoms with Gasteiger partial charge in [-0.05, 0) is 77.4 Å². The Labute approximate surface area is 252 Å². The predicted octanol–water partition coefficient (Wildman–Crippen LogP) is 6.25. The summed E-state index contributed by atoms with van der Waals surface area (Å²) in [5, 5.41) is 3.51. The van der Waals surface area contributed by atoms with Crippen LogP contribution in [0.2, 0.25) is 5.02 Å². The first-order valence-electron chi connectivity index (χ1n) is 13.9. The Kier molecular flexibility index (Phi) is 6.29. The average Bonchev–Trinajstić information content (AvgIpc) is 3.49. The lowest BCUT2D eigenvalue weighted by Crippen LogP contribution is -2.49. The van der Waals surface area contributed by atoms with Crippen molar-refractivity contribution in [2.45, 2.75) is 24.4 Å². The number of nitrogens with zero attached hydrogens (tertiary/aromatic N) is 1. The third-order valence-electron chi connectivity index (χ3n) is 8.65. The molecule has 0 unspecified atom stereocenters. The van der Waals surface area contributed by atoms with Crippen LogP contribution in [0.5, 0.6) is 5.75 Å². The second-order valence-electron chi connectivity index (χ2n) is 10.9. The number of Topliss-reactive ketones (excluding diaryl/α,β-unsaturated/α-hetero) is 2. The van der Waals surface area contributed by atoms with Gasteiger partial charge in [-0.15, -0.1) is 0 Å². The molecule has 7 rings (SSSR count). The fraction of sp³-hybridized carbons (Fsp3) is 0.143. The number of nitrogens with one attached hydrogen (secondary N) is 1. The minimum absolute atomic E-state index is 0.300. The standard InChI is InChI=1S/C35H25ClN2O5/c1-20(39)43-25-16-12-23(13-17-25)32(41)30-29(31(40)22-10-14-24(36)15-11-22)35(27-8-4-5-9-28(27)37-34(35)42)33-26-7-3-2-6-21(26)18-19-38(30)33/h2-19,29-30,33H,1H3,(H,37,42)/t29-,30+,33-,35-/m1/s1. The summed E-state index contributed by atoms with van der Waals surface area (Å²) in [5.74, 6) is -2.27. The summed E-state index contributed by atoms with van der Waals surface area (Å²) >= 11 is 6.17. The van der Waals surface area contributed by atoms with E-state index in [1.807, 2.05) is 65.7 Å². The van der Waals surface area contributed by atoms with Crippen LogP contribution in [0.4, 0.5) is 5.69 Å². The number of hydrogen-bond donors (Lipinski definition) is 1. The summed E-state index contributed by atoms with van der Waals surface area (Å²) in [6, 6.07) is 26.2. The molecule has 1 N–H and O–H groups in total. The zero-order valence-corrected chi connectivity index (χ0v) is 23.7. The van der Waals surface area contributed by atoms with Gasteiger partial charge in [0.1, 0.15) is 17.2 Å². The van der Waals surface area contributed by atoms with E-state index in [1.54, 1.807) is 48.5 Å². The van der Waals surface area contributed by atoms with Crippen molar-refractivity contribution in [2.24, 2.45) is 5.92 Å². The van der Waals surface area contributed by atoms with Gasteiger partial charge in [-0.3, -0.25) is 19.2 Å². The number of ether oxygens (including phenoxy) is 1. The number of anilines is 1. The van der Waals surface area contributed by atoms with Crippen molar-refractivity contribution >= 4 is 46.8 Å². The minimum atomic E-state index is -1.42. The van der Waals surface area contributed by atoms with Gasteiger partial charge in [0.15, 0.2) is 11.6 Å². The van der Waals surface area contributed by atoms with Crippen LogP contribution in [0.15, 0.2) is 103 Å². The van der Waals surface area contributed by atoms with Crippen molar-refractivity contribution in [3.05, 3.63) is 136 Å². The molecule has 0 saturated carbocycles. The summed E-state index contributed by atoms with van der Waals surface area (Å²) in [6.45, 7) is 1.30. The molecule has 3 heterocycles.